The molecule has 0 atom stereocenters. The van der Waals surface area contributed by atoms with Crippen molar-refractivity contribution in [1.82, 2.24) is 19.5 Å². The van der Waals surface area contributed by atoms with Gasteiger partial charge in [-0.1, -0.05) is 54.6 Å². The van der Waals surface area contributed by atoms with Crippen LogP contribution in [0, 0.1) is 6.92 Å². The van der Waals surface area contributed by atoms with E-state index in [9.17, 15) is 0 Å². The molecule has 0 unspecified atom stereocenters. The summed E-state index contributed by atoms with van der Waals surface area (Å²) in [5, 5.41) is 4.49. The highest BCUT2D eigenvalue weighted by atomic mass is 16.5. The molecule has 31 heavy (non-hydrogen) atoms. The van der Waals surface area contributed by atoms with Crippen LogP contribution in [0.2, 0.25) is 0 Å². The molecule has 2 heterocycles. The van der Waals surface area contributed by atoms with Crippen LogP contribution in [0.1, 0.15) is 17.0 Å². The van der Waals surface area contributed by atoms with E-state index in [4.69, 9.17) is 14.7 Å². The maximum Gasteiger partial charge on any atom is 0.238 e. The molecule has 5 aromatic rings. The molecule has 0 saturated heterocycles. The van der Waals surface area contributed by atoms with Gasteiger partial charge in [0.1, 0.15) is 11.6 Å². The van der Waals surface area contributed by atoms with Crippen molar-refractivity contribution in [3.8, 4) is 5.95 Å². The monoisotopic (exact) mass is 409 g/mol. The lowest BCUT2D eigenvalue weighted by atomic mass is 10.1. The van der Waals surface area contributed by atoms with Gasteiger partial charge in [0.15, 0.2) is 0 Å². The first-order chi connectivity index (χ1) is 15.2. The Kier molecular flexibility index (Phi) is 5.06. The summed E-state index contributed by atoms with van der Waals surface area (Å²) in [6, 6.07) is 24.4. The number of ether oxygens (including phenoxy) is 1. The standard InChI is InChI=1S/C25H23N5O/c1-17-27-21-13-6-7-14-22(21)30(17)25-28-23-19(16-31-2)11-8-12-20(23)24(29-25)26-15-18-9-4-3-5-10-18/h3-14H,15-16H2,1-2H3,(H,26,28,29). The minimum absolute atomic E-state index is 0.482. The van der Waals surface area contributed by atoms with Crippen molar-refractivity contribution in [2.75, 3.05) is 12.4 Å². The molecule has 5 rings (SSSR count). The van der Waals surface area contributed by atoms with Crippen molar-refractivity contribution in [1.29, 1.82) is 0 Å². The van der Waals surface area contributed by atoms with Gasteiger partial charge in [-0.15, -0.1) is 0 Å². The van der Waals surface area contributed by atoms with Gasteiger partial charge in [0.2, 0.25) is 5.95 Å². The lowest BCUT2D eigenvalue weighted by Crippen LogP contribution is -2.09. The van der Waals surface area contributed by atoms with Crippen LogP contribution in [0.15, 0.2) is 72.8 Å². The van der Waals surface area contributed by atoms with Crippen molar-refractivity contribution in [3.63, 3.8) is 0 Å². The zero-order valence-corrected chi connectivity index (χ0v) is 17.5. The van der Waals surface area contributed by atoms with Gasteiger partial charge >= 0.3 is 0 Å². The molecule has 154 valence electrons. The molecule has 0 radical (unpaired) electrons. The second-order valence-corrected chi connectivity index (χ2v) is 7.44. The Balaban J connectivity index is 1.69. The Bertz CT molecular complexity index is 1360. The molecule has 0 spiro atoms. The Labute approximate surface area is 180 Å². The van der Waals surface area contributed by atoms with E-state index in [2.05, 4.69) is 22.4 Å². The van der Waals surface area contributed by atoms with Crippen LogP contribution in [0.3, 0.4) is 0 Å². The Morgan fingerprint density at radius 2 is 1.68 bits per heavy atom. The molecule has 0 fully saturated rings. The lowest BCUT2D eigenvalue weighted by molar-refractivity contribution is 0.186. The smallest absolute Gasteiger partial charge is 0.238 e. The number of hydrogen-bond donors (Lipinski definition) is 1. The van der Waals surface area contributed by atoms with Crippen molar-refractivity contribution >= 4 is 27.8 Å². The molecule has 2 aromatic heterocycles. The van der Waals surface area contributed by atoms with Gasteiger partial charge in [-0.05, 0) is 30.7 Å². The second kappa shape index (κ2) is 8.16. The number of nitrogens with zero attached hydrogens (tertiary/aromatic N) is 4. The summed E-state index contributed by atoms with van der Waals surface area (Å²) >= 11 is 0. The van der Waals surface area contributed by atoms with Crippen LogP contribution in [0.4, 0.5) is 5.82 Å². The highest BCUT2D eigenvalue weighted by Crippen LogP contribution is 2.27. The summed E-state index contributed by atoms with van der Waals surface area (Å²) in [4.78, 5) is 14.6. The van der Waals surface area contributed by atoms with Crippen LogP contribution in [-0.4, -0.2) is 26.6 Å². The number of hydrogen-bond acceptors (Lipinski definition) is 5. The number of benzene rings is 3. The molecule has 3 aromatic carbocycles. The molecule has 0 amide bonds. The summed E-state index contributed by atoms with van der Waals surface area (Å²) in [5.74, 6) is 2.23. The van der Waals surface area contributed by atoms with Crippen LogP contribution < -0.4 is 5.32 Å². The molecule has 1 N–H and O–H groups in total. The summed E-state index contributed by atoms with van der Waals surface area (Å²) in [5.41, 5.74) is 4.99. The van der Waals surface area contributed by atoms with Gasteiger partial charge in [0, 0.05) is 24.6 Å². The number of imidazole rings is 1. The number of para-hydroxylation sites is 3. The zero-order chi connectivity index (χ0) is 21.2. The van der Waals surface area contributed by atoms with Gasteiger partial charge in [-0.2, -0.15) is 4.98 Å². The van der Waals surface area contributed by atoms with E-state index < -0.39 is 0 Å². The predicted octanol–water partition coefficient (Wildman–Crippen LogP) is 5.04. The van der Waals surface area contributed by atoms with E-state index in [0.29, 0.717) is 19.1 Å². The van der Waals surface area contributed by atoms with Crippen LogP contribution in [0.25, 0.3) is 27.9 Å². The topological polar surface area (TPSA) is 64.9 Å². The fourth-order valence-corrected chi connectivity index (χ4v) is 3.89. The van der Waals surface area contributed by atoms with E-state index in [1.807, 2.05) is 72.2 Å². The average molecular weight is 409 g/mol. The fourth-order valence-electron chi connectivity index (χ4n) is 3.89. The SMILES string of the molecule is COCc1cccc2c(NCc3ccccc3)nc(-n3c(C)nc4ccccc43)nc12. The van der Waals surface area contributed by atoms with E-state index in [1.165, 1.54) is 5.56 Å². The summed E-state index contributed by atoms with van der Waals surface area (Å²) in [6.45, 7) is 3.13. The number of nitrogens with one attached hydrogen (secondary N) is 1. The second-order valence-electron chi connectivity index (χ2n) is 7.44. The van der Waals surface area contributed by atoms with Crippen molar-refractivity contribution in [3.05, 3.63) is 89.7 Å². The Hall–Kier alpha value is -3.77. The average Bonchev–Trinajstić information content (AvgIpc) is 3.14. The summed E-state index contributed by atoms with van der Waals surface area (Å²) in [7, 11) is 1.70. The first kappa shape index (κ1) is 19.2. The number of aryl methyl sites for hydroxylation is 1. The largest absolute Gasteiger partial charge is 0.380 e. The maximum absolute atomic E-state index is 5.43. The first-order valence-electron chi connectivity index (χ1n) is 10.3. The highest BCUT2D eigenvalue weighted by Gasteiger charge is 2.16. The minimum Gasteiger partial charge on any atom is -0.380 e. The number of methoxy groups -OCH3 is 1. The lowest BCUT2D eigenvalue weighted by Gasteiger charge is -2.14. The summed E-state index contributed by atoms with van der Waals surface area (Å²) < 4.78 is 7.44. The molecular formula is C25H23N5O. The van der Waals surface area contributed by atoms with Gasteiger partial charge in [0.25, 0.3) is 0 Å². The van der Waals surface area contributed by atoms with E-state index in [1.54, 1.807) is 7.11 Å². The molecule has 0 bridgehead atoms. The van der Waals surface area contributed by atoms with Crippen molar-refractivity contribution in [2.24, 2.45) is 0 Å². The van der Waals surface area contributed by atoms with E-state index in [-0.39, 0.29) is 0 Å². The molecule has 6 nitrogen and oxygen atoms in total. The van der Waals surface area contributed by atoms with Crippen LogP contribution >= 0.6 is 0 Å². The zero-order valence-electron chi connectivity index (χ0n) is 17.5. The van der Waals surface area contributed by atoms with Gasteiger partial charge in [0.05, 0.1) is 23.2 Å². The maximum atomic E-state index is 5.43. The normalized spacial score (nSPS) is 11.3. The number of rotatable bonds is 6. The Morgan fingerprint density at radius 3 is 2.52 bits per heavy atom. The first-order valence-corrected chi connectivity index (χ1v) is 10.3. The molecule has 0 aliphatic heterocycles. The third kappa shape index (κ3) is 3.62. The molecular weight excluding hydrogens is 386 g/mol. The van der Waals surface area contributed by atoms with Crippen LogP contribution in [0.5, 0.6) is 0 Å². The van der Waals surface area contributed by atoms with Crippen molar-refractivity contribution < 1.29 is 4.74 Å². The third-order valence-electron chi connectivity index (χ3n) is 5.33. The quantitative estimate of drug-likeness (QED) is 0.426. The van der Waals surface area contributed by atoms with E-state index >= 15 is 0 Å². The number of aromatic nitrogens is 4. The van der Waals surface area contributed by atoms with Gasteiger partial charge < -0.3 is 10.1 Å². The molecule has 6 heteroatoms. The number of anilines is 1. The minimum atomic E-state index is 0.482. The molecule has 0 aliphatic rings. The van der Waals surface area contributed by atoms with Crippen LogP contribution in [-0.2, 0) is 17.9 Å². The van der Waals surface area contributed by atoms with Gasteiger partial charge in [-0.25, -0.2) is 9.97 Å². The predicted molar refractivity (Wildman–Crippen MR) is 123 cm³/mol. The molecule has 0 saturated carbocycles. The highest BCUT2D eigenvalue weighted by molar-refractivity contribution is 5.92. The summed E-state index contributed by atoms with van der Waals surface area (Å²) in [6.07, 6.45) is 0. The van der Waals surface area contributed by atoms with Crippen molar-refractivity contribution in [2.45, 2.75) is 20.1 Å². The third-order valence-corrected chi connectivity index (χ3v) is 5.33. The fraction of sp³-hybridized carbons (Fsp3) is 0.160. The van der Waals surface area contributed by atoms with E-state index in [0.717, 1.165) is 39.1 Å². The number of fused-ring (bicyclic) bond motifs is 2. The molecule has 0 aliphatic carbocycles. The Morgan fingerprint density at radius 1 is 0.871 bits per heavy atom. The van der Waals surface area contributed by atoms with Gasteiger partial charge in [-0.3, -0.25) is 4.57 Å².